The second-order valence-electron chi connectivity index (χ2n) is 6.09. The molecule has 0 aliphatic heterocycles. The highest BCUT2D eigenvalue weighted by Crippen LogP contribution is 2.31. The maximum atomic E-state index is 13.2. The Morgan fingerprint density at radius 3 is 2.46 bits per heavy atom. The molecule has 5 nitrogen and oxygen atoms in total. The van der Waals surface area contributed by atoms with Gasteiger partial charge in [0, 0.05) is 17.7 Å². The van der Waals surface area contributed by atoms with Gasteiger partial charge in [0.15, 0.2) is 5.78 Å². The lowest BCUT2D eigenvalue weighted by Crippen LogP contribution is -2.02. The Bertz CT molecular complexity index is 1180. The first-order chi connectivity index (χ1) is 13.6. The fraction of sp³-hybridized carbons (Fsp3) is 0. The van der Waals surface area contributed by atoms with E-state index in [0.29, 0.717) is 21.7 Å². The van der Waals surface area contributed by atoms with Crippen LogP contribution in [0.1, 0.15) is 20.9 Å². The minimum absolute atomic E-state index is 0.0236. The molecule has 0 spiro atoms. The summed E-state index contributed by atoms with van der Waals surface area (Å²) in [6, 6.07) is 22.8. The fourth-order valence-corrected chi connectivity index (χ4v) is 3.83. The number of fused-ring (bicyclic) bond motifs is 1. The number of aromatic nitrogens is 1. The number of rotatable bonds is 5. The molecular formula is C22H14N2O3S. The van der Waals surface area contributed by atoms with E-state index in [4.69, 9.17) is 0 Å². The van der Waals surface area contributed by atoms with Gasteiger partial charge in [0.2, 0.25) is 0 Å². The van der Waals surface area contributed by atoms with Gasteiger partial charge in [0.25, 0.3) is 5.69 Å². The number of nitro groups is 1. The van der Waals surface area contributed by atoms with Crippen molar-refractivity contribution < 1.29 is 9.72 Å². The van der Waals surface area contributed by atoms with Crippen molar-refractivity contribution in [2.24, 2.45) is 0 Å². The minimum Gasteiger partial charge on any atom is -0.288 e. The number of nitro benzene ring substituents is 1. The number of Topliss-reactive ketones (excluding diaryl/α,β-unsaturated/α-hetero) is 1. The third-order valence-electron chi connectivity index (χ3n) is 4.20. The molecule has 1 heterocycles. The predicted molar refractivity (Wildman–Crippen MR) is 111 cm³/mol. The van der Waals surface area contributed by atoms with Crippen molar-refractivity contribution in [3.63, 3.8) is 0 Å². The third-order valence-corrected chi connectivity index (χ3v) is 5.27. The lowest BCUT2D eigenvalue weighted by Gasteiger charge is -2.05. The number of para-hydroxylation sites is 1. The molecule has 0 fully saturated rings. The molecule has 0 aliphatic rings. The standard InChI is InChI=1S/C22H14N2O3S/c25-21(16-8-2-1-3-9-16)18(14-15-7-6-10-17(13-15)24(26)27)22-23-19-11-4-5-12-20(19)28-22/h1-14H/b18-14-. The monoisotopic (exact) mass is 386 g/mol. The molecule has 0 saturated heterocycles. The van der Waals surface area contributed by atoms with E-state index in [9.17, 15) is 14.9 Å². The van der Waals surface area contributed by atoms with E-state index < -0.39 is 4.92 Å². The van der Waals surface area contributed by atoms with Crippen LogP contribution in [0.2, 0.25) is 0 Å². The molecule has 0 atom stereocenters. The fourth-order valence-electron chi connectivity index (χ4n) is 2.85. The van der Waals surface area contributed by atoms with Crippen molar-refractivity contribution in [2.75, 3.05) is 0 Å². The molecule has 28 heavy (non-hydrogen) atoms. The molecule has 0 N–H and O–H groups in total. The zero-order valence-electron chi connectivity index (χ0n) is 14.6. The minimum atomic E-state index is -0.451. The number of carbonyl (C=O) groups excluding carboxylic acids is 1. The van der Waals surface area contributed by atoms with E-state index in [1.807, 2.05) is 30.3 Å². The number of carbonyl (C=O) groups is 1. The van der Waals surface area contributed by atoms with E-state index in [-0.39, 0.29) is 11.5 Å². The second-order valence-corrected chi connectivity index (χ2v) is 7.12. The van der Waals surface area contributed by atoms with Crippen molar-refractivity contribution >= 4 is 44.7 Å². The lowest BCUT2D eigenvalue weighted by molar-refractivity contribution is -0.384. The van der Waals surface area contributed by atoms with Crippen molar-refractivity contribution in [1.29, 1.82) is 0 Å². The number of benzene rings is 3. The molecular weight excluding hydrogens is 372 g/mol. The summed E-state index contributed by atoms with van der Waals surface area (Å²) in [6.07, 6.45) is 1.67. The quantitative estimate of drug-likeness (QED) is 0.193. The summed E-state index contributed by atoms with van der Waals surface area (Å²) in [5.41, 5.74) is 2.32. The molecule has 3 aromatic carbocycles. The number of nitrogens with zero attached hydrogens (tertiary/aromatic N) is 2. The van der Waals surface area contributed by atoms with Crippen molar-refractivity contribution in [3.05, 3.63) is 105 Å². The number of ketones is 1. The Morgan fingerprint density at radius 2 is 1.71 bits per heavy atom. The van der Waals surface area contributed by atoms with Crippen LogP contribution in [0.4, 0.5) is 5.69 Å². The summed E-state index contributed by atoms with van der Waals surface area (Å²) in [6.45, 7) is 0. The molecule has 0 radical (unpaired) electrons. The Hall–Kier alpha value is -3.64. The highest BCUT2D eigenvalue weighted by Gasteiger charge is 2.19. The Balaban J connectivity index is 1.87. The summed E-state index contributed by atoms with van der Waals surface area (Å²) < 4.78 is 0.975. The number of allylic oxidation sites excluding steroid dienone is 1. The SMILES string of the molecule is O=C(/C(=C/c1cccc([N+](=O)[O-])c1)c1nc2ccccc2s1)c1ccccc1. The Kier molecular flexibility index (Phi) is 4.78. The molecule has 0 amide bonds. The van der Waals surface area contributed by atoms with Gasteiger partial charge in [-0.2, -0.15) is 0 Å². The van der Waals surface area contributed by atoms with Crippen LogP contribution in [0.5, 0.6) is 0 Å². The second kappa shape index (κ2) is 7.54. The van der Waals surface area contributed by atoms with Gasteiger partial charge in [-0.05, 0) is 23.8 Å². The molecule has 4 rings (SSSR count). The zero-order valence-corrected chi connectivity index (χ0v) is 15.4. The van der Waals surface area contributed by atoms with Gasteiger partial charge >= 0.3 is 0 Å². The van der Waals surface area contributed by atoms with Crippen molar-refractivity contribution in [1.82, 2.24) is 4.98 Å². The highest BCUT2D eigenvalue weighted by molar-refractivity contribution is 7.20. The summed E-state index contributed by atoms with van der Waals surface area (Å²) in [5.74, 6) is -0.175. The summed E-state index contributed by atoms with van der Waals surface area (Å²) in [7, 11) is 0. The van der Waals surface area contributed by atoms with E-state index >= 15 is 0 Å². The van der Waals surface area contributed by atoms with Gasteiger partial charge in [-0.3, -0.25) is 14.9 Å². The van der Waals surface area contributed by atoms with E-state index in [1.54, 1.807) is 42.5 Å². The summed E-state index contributed by atoms with van der Waals surface area (Å²) >= 11 is 1.42. The molecule has 136 valence electrons. The Labute approximate surface area is 164 Å². The first-order valence-corrected chi connectivity index (χ1v) is 9.35. The van der Waals surface area contributed by atoms with Gasteiger partial charge in [-0.1, -0.05) is 54.6 Å². The maximum absolute atomic E-state index is 13.2. The number of hydrogen-bond acceptors (Lipinski definition) is 5. The van der Waals surface area contributed by atoms with Crippen LogP contribution in [0.15, 0.2) is 78.9 Å². The number of non-ortho nitro benzene ring substituents is 1. The average molecular weight is 386 g/mol. The number of hydrogen-bond donors (Lipinski definition) is 0. The molecule has 0 saturated carbocycles. The lowest BCUT2D eigenvalue weighted by atomic mass is 10.0. The zero-order chi connectivity index (χ0) is 19.5. The van der Waals surface area contributed by atoms with Crippen LogP contribution in [0.3, 0.4) is 0 Å². The average Bonchev–Trinajstić information content (AvgIpc) is 3.16. The molecule has 0 bridgehead atoms. The molecule has 6 heteroatoms. The van der Waals surface area contributed by atoms with E-state index in [2.05, 4.69) is 4.98 Å². The molecule has 4 aromatic rings. The van der Waals surface area contributed by atoms with Gasteiger partial charge in [-0.25, -0.2) is 4.98 Å². The largest absolute Gasteiger partial charge is 0.288 e. The maximum Gasteiger partial charge on any atom is 0.270 e. The van der Waals surface area contributed by atoms with Gasteiger partial charge in [0.05, 0.1) is 20.7 Å². The molecule has 0 unspecified atom stereocenters. The van der Waals surface area contributed by atoms with Gasteiger partial charge in [0.1, 0.15) is 5.01 Å². The summed E-state index contributed by atoms with van der Waals surface area (Å²) in [4.78, 5) is 28.5. The van der Waals surface area contributed by atoms with Crippen LogP contribution in [0.25, 0.3) is 21.9 Å². The smallest absolute Gasteiger partial charge is 0.270 e. The van der Waals surface area contributed by atoms with Gasteiger partial charge in [-0.15, -0.1) is 11.3 Å². The Morgan fingerprint density at radius 1 is 0.964 bits per heavy atom. The van der Waals surface area contributed by atoms with Gasteiger partial charge < -0.3 is 0 Å². The molecule has 1 aromatic heterocycles. The topological polar surface area (TPSA) is 73.1 Å². The first kappa shape index (κ1) is 17.8. The van der Waals surface area contributed by atoms with E-state index in [1.165, 1.54) is 23.5 Å². The number of thiazole rings is 1. The first-order valence-electron chi connectivity index (χ1n) is 8.54. The highest BCUT2D eigenvalue weighted by atomic mass is 32.1. The van der Waals surface area contributed by atoms with Crippen molar-refractivity contribution in [2.45, 2.75) is 0 Å². The van der Waals surface area contributed by atoms with Crippen LogP contribution in [0, 0.1) is 10.1 Å². The van der Waals surface area contributed by atoms with Crippen LogP contribution >= 0.6 is 11.3 Å². The third kappa shape index (κ3) is 3.58. The van der Waals surface area contributed by atoms with Crippen LogP contribution < -0.4 is 0 Å². The summed E-state index contributed by atoms with van der Waals surface area (Å²) in [5, 5.41) is 11.7. The van der Waals surface area contributed by atoms with E-state index in [0.717, 1.165) is 10.2 Å². The predicted octanol–water partition coefficient (Wildman–Crippen LogP) is 5.63. The van der Waals surface area contributed by atoms with Crippen molar-refractivity contribution in [3.8, 4) is 0 Å². The van der Waals surface area contributed by atoms with Crippen LogP contribution in [-0.4, -0.2) is 15.7 Å². The molecule has 0 aliphatic carbocycles. The normalized spacial score (nSPS) is 11.5. The van der Waals surface area contributed by atoms with Crippen LogP contribution in [-0.2, 0) is 0 Å².